The third-order valence-corrected chi connectivity index (χ3v) is 4.98. The van der Waals surface area contributed by atoms with Gasteiger partial charge in [-0.1, -0.05) is 24.3 Å². The van der Waals surface area contributed by atoms with Crippen molar-refractivity contribution < 1.29 is 14.3 Å². The van der Waals surface area contributed by atoms with E-state index in [1.807, 2.05) is 54.7 Å². The molecule has 1 atom stereocenters. The summed E-state index contributed by atoms with van der Waals surface area (Å²) < 4.78 is 6.99. The number of carbonyl (C=O) groups is 2. The Hall–Kier alpha value is -3.61. The van der Waals surface area contributed by atoms with Crippen LogP contribution in [-0.2, 0) is 16.1 Å². The number of aromatic nitrogens is 2. The van der Waals surface area contributed by atoms with Crippen molar-refractivity contribution in [3.63, 3.8) is 0 Å². The van der Waals surface area contributed by atoms with E-state index in [1.54, 1.807) is 29.0 Å². The maximum atomic E-state index is 12.6. The van der Waals surface area contributed by atoms with Gasteiger partial charge in [0.1, 0.15) is 5.75 Å². The first kappa shape index (κ1) is 18.7. The van der Waals surface area contributed by atoms with Crippen molar-refractivity contribution in [2.75, 3.05) is 18.6 Å². The zero-order valence-corrected chi connectivity index (χ0v) is 16.1. The van der Waals surface area contributed by atoms with Crippen LogP contribution in [0.2, 0.25) is 0 Å². The summed E-state index contributed by atoms with van der Waals surface area (Å²) in [5.74, 6) is 0.114. The summed E-state index contributed by atoms with van der Waals surface area (Å²) in [4.78, 5) is 26.7. The Bertz CT molecular complexity index is 1020. The molecule has 2 amide bonds. The summed E-state index contributed by atoms with van der Waals surface area (Å²) in [7, 11) is 1.58. The molecule has 0 radical (unpaired) electrons. The predicted octanol–water partition coefficient (Wildman–Crippen LogP) is 2.55. The number of nitrogens with zero attached hydrogens (tertiary/aromatic N) is 3. The van der Waals surface area contributed by atoms with E-state index in [-0.39, 0.29) is 24.2 Å². The van der Waals surface area contributed by atoms with Gasteiger partial charge in [-0.25, -0.2) is 4.68 Å². The van der Waals surface area contributed by atoms with E-state index in [1.165, 1.54) is 0 Å². The van der Waals surface area contributed by atoms with Crippen molar-refractivity contribution in [3.8, 4) is 11.4 Å². The van der Waals surface area contributed by atoms with E-state index < -0.39 is 0 Å². The predicted molar refractivity (Wildman–Crippen MR) is 109 cm³/mol. The Morgan fingerprint density at radius 1 is 1.17 bits per heavy atom. The van der Waals surface area contributed by atoms with Crippen molar-refractivity contribution in [3.05, 3.63) is 72.6 Å². The van der Waals surface area contributed by atoms with Gasteiger partial charge in [-0.15, -0.1) is 0 Å². The fraction of sp³-hybridized carbons (Fsp3) is 0.227. The second-order valence-electron chi connectivity index (χ2n) is 6.95. The molecule has 2 heterocycles. The highest BCUT2D eigenvalue weighted by atomic mass is 16.5. The van der Waals surface area contributed by atoms with Gasteiger partial charge in [0.05, 0.1) is 24.9 Å². The summed E-state index contributed by atoms with van der Waals surface area (Å²) in [6, 6.07) is 17.1. The maximum absolute atomic E-state index is 12.6. The molecule has 1 N–H and O–H groups in total. The van der Waals surface area contributed by atoms with Gasteiger partial charge >= 0.3 is 0 Å². The number of benzene rings is 2. The summed E-state index contributed by atoms with van der Waals surface area (Å²) >= 11 is 0. The minimum absolute atomic E-state index is 0.0599. The fourth-order valence-corrected chi connectivity index (χ4v) is 3.42. The number of methoxy groups -OCH3 is 1. The summed E-state index contributed by atoms with van der Waals surface area (Å²) in [5, 5.41) is 7.26. The van der Waals surface area contributed by atoms with Crippen LogP contribution in [0.5, 0.6) is 5.75 Å². The second-order valence-corrected chi connectivity index (χ2v) is 6.95. The van der Waals surface area contributed by atoms with Gasteiger partial charge in [0.2, 0.25) is 11.8 Å². The summed E-state index contributed by atoms with van der Waals surface area (Å²) in [6.07, 6.45) is 3.82. The normalized spacial score (nSPS) is 16.1. The SMILES string of the molecule is COc1cccc(N2CC(C(=O)NCc3cnn(-c4ccccc4)c3)CC2=O)c1. The Balaban J connectivity index is 1.36. The lowest BCUT2D eigenvalue weighted by molar-refractivity contribution is -0.126. The number of hydrogen-bond donors (Lipinski definition) is 1. The van der Waals surface area contributed by atoms with Crippen molar-refractivity contribution in [2.24, 2.45) is 5.92 Å². The number of amides is 2. The lowest BCUT2D eigenvalue weighted by Gasteiger charge is -2.17. The molecule has 7 heteroatoms. The van der Waals surface area contributed by atoms with Gasteiger partial charge in [-0.3, -0.25) is 9.59 Å². The number of anilines is 1. The summed E-state index contributed by atoms with van der Waals surface area (Å²) in [6.45, 7) is 0.733. The smallest absolute Gasteiger partial charge is 0.227 e. The number of rotatable bonds is 6. The maximum Gasteiger partial charge on any atom is 0.227 e. The molecular weight excluding hydrogens is 368 g/mol. The van der Waals surface area contributed by atoms with Crippen molar-refractivity contribution in [1.82, 2.24) is 15.1 Å². The van der Waals surface area contributed by atoms with E-state index in [4.69, 9.17) is 4.74 Å². The molecular formula is C22H22N4O3. The molecule has 1 aliphatic heterocycles. The average molecular weight is 390 g/mol. The van der Waals surface area contributed by atoms with Crippen molar-refractivity contribution in [2.45, 2.75) is 13.0 Å². The van der Waals surface area contributed by atoms with Crippen molar-refractivity contribution >= 4 is 17.5 Å². The number of carbonyl (C=O) groups excluding carboxylic acids is 2. The minimum atomic E-state index is -0.377. The molecule has 2 aromatic carbocycles. The number of hydrogen-bond acceptors (Lipinski definition) is 4. The van der Waals surface area contributed by atoms with Gasteiger partial charge in [0.15, 0.2) is 0 Å². The molecule has 1 aromatic heterocycles. The van der Waals surface area contributed by atoms with Crippen LogP contribution < -0.4 is 15.0 Å². The second kappa shape index (κ2) is 8.18. The van der Waals surface area contributed by atoms with Crippen LogP contribution in [0.15, 0.2) is 67.0 Å². The highest BCUT2D eigenvalue weighted by molar-refractivity contribution is 6.00. The molecule has 29 heavy (non-hydrogen) atoms. The van der Waals surface area contributed by atoms with Crippen LogP contribution in [0.3, 0.4) is 0 Å². The molecule has 4 rings (SSSR count). The van der Waals surface area contributed by atoms with Crippen LogP contribution >= 0.6 is 0 Å². The fourth-order valence-electron chi connectivity index (χ4n) is 3.42. The molecule has 1 aliphatic rings. The van der Waals surface area contributed by atoms with Crippen molar-refractivity contribution in [1.29, 1.82) is 0 Å². The van der Waals surface area contributed by atoms with Gasteiger partial charge in [0.25, 0.3) is 0 Å². The zero-order valence-electron chi connectivity index (χ0n) is 16.1. The molecule has 148 valence electrons. The standard InChI is InChI=1S/C22H22N4O3/c1-29-20-9-5-8-19(11-20)25-15-17(10-21(25)27)22(28)23-12-16-13-24-26(14-16)18-6-3-2-4-7-18/h2-9,11,13-14,17H,10,12,15H2,1H3,(H,23,28). The molecule has 0 spiro atoms. The quantitative estimate of drug-likeness (QED) is 0.702. The average Bonchev–Trinajstić information content (AvgIpc) is 3.39. The highest BCUT2D eigenvalue weighted by Gasteiger charge is 2.35. The Morgan fingerprint density at radius 3 is 2.76 bits per heavy atom. The third-order valence-electron chi connectivity index (χ3n) is 4.98. The Morgan fingerprint density at radius 2 is 1.97 bits per heavy atom. The first-order chi connectivity index (χ1) is 14.1. The molecule has 0 aliphatic carbocycles. The van der Waals surface area contributed by atoms with Gasteiger partial charge in [0, 0.05) is 43.0 Å². The van der Waals surface area contributed by atoms with Crippen LogP contribution in [0.25, 0.3) is 5.69 Å². The minimum Gasteiger partial charge on any atom is -0.497 e. The number of nitrogens with one attached hydrogen (secondary N) is 1. The van der Waals surface area contributed by atoms with E-state index in [9.17, 15) is 9.59 Å². The zero-order chi connectivity index (χ0) is 20.2. The number of ether oxygens (including phenoxy) is 1. The molecule has 3 aromatic rings. The number of para-hydroxylation sites is 1. The highest BCUT2D eigenvalue weighted by Crippen LogP contribution is 2.28. The lowest BCUT2D eigenvalue weighted by atomic mass is 10.1. The molecule has 1 fully saturated rings. The molecule has 0 bridgehead atoms. The molecule has 1 unspecified atom stereocenters. The first-order valence-corrected chi connectivity index (χ1v) is 9.45. The van der Waals surface area contributed by atoms with E-state index in [0.29, 0.717) is 18.8 Å². The Kier molecular flexibility index (Phi) is 5.29. The third kappa shape index (κ3) is 4.13. The van der Waals surface area contributed by atoms with E-state index in [2.05, 4.69) is 10.4 Å². The molecule has 1 saturated heterocycles. The van der Waals surface area contributed by atoms with Crippen LogP contribution in [0.1, 0.15) is 12.0 Å². The van der Waals surface area contributed by atoms with Gasteiger partial charge < -0.3 is 15.0 Å². The monoisotopic (exact) mass is 390 g/mol. The van der Waals surface area contributed by atoms with Gasteiger partial charge in [-0.2, -0.15) is 5.10 Å². The van der Waals surface area contributed by atoms with E-state index in [0.717, 1.165) is 16.9 Å². The van der Waals surface area contributed by atoms with Crippen LogP contribution in [0.4, 0.5) is 5.69 Å². The first-order valence-electron chi connectivity index (χ1n) is 9.45. The van der Waals surface area contributed by atoms with Crippen LogP contribution in [-0.4, -0.2) is 35.2 Å². The van der Waals surface area contributed by atoms with Crippen LogP contribution in [0, 0.1) is 5.92 Å². The van der Waals surface area contributed by atoms with Gasteiger partial charge in [-0.05, 0) is 24.3 Å². The molecule has 0 saturated carbocycles. The lowest BCUT2D eigenvalue weighted by Crippen LogP contribution is -2.32. The largest absolute Gasteiger partial charge is 0.497 e. The summed E-state index contributed by atoms with van der Waals surface area (Å²) in [5.41, 5.74) is 2.60. The Labute approximate surface area is 168 Å². The van der Waals surface area contributed by atoms with E-state index >= 15 is 0 Å². The topological polar surface area (TPSA) is 76.5 Å². The molecule has 7 nitrogen and oxygen atoms in total.